The smallest absolute Gasteiger partial charge is 0.290 e. The van der Waals surface area contributed by atoms with Gasteiger partial charge < -0.3 is 20.6 Å². The molecule has 0 saturated heterocycles. The lowest BCUT2D eigenvalue weighted by atomic mass is 10.0. The highest BCUT2D eigenvalue weighted by Crippen LogP contribution is 2.22. The maximum absolute atomic E-state index is 13.8. The molecule has 0 bridgehead atoms. The zero-order valence-electron chi connectivity index (χ0n) is 26.4. The quantitative estimate of drug-likeness (QED) is 0.372. The molecular formula is C31H44N8O5. The zero-order chi connectivity index (χ0) is 32.4. The average molecular weight is 609 g/mol. The van der Waals surface area contributed by atoms with E-state index in [2.05, 4.69) is 25.8 Å². The van der Waals surface area contributed by atoms with Crippen molar-refractivity contribution in [3.8, 4) is 0 Å². The number of carbonyl (C=O) groups excluding carboxylic acids is 3. The van der Waals surface area contributed by atoms with Gasteiger partial charge in [0.15, 0.2) is 0 Å². The number of nitrogens with zero attached hydrogens (tertiary/aromatic N) is 6. The molecule has 4 rings (SSSR count). The van der Waals surface area contributed by atoms with Gasteiger partial charge in [0.05, 0.1) is 23.8 Å². The number of fused-ring (bicyclic) bond motifs is 1. The second kappa shape index (κ2) is 15.8. The number of amides is 3. The minimum absolute atomic E-state index is 0.00481. The largest absolute Gasteiger partial charge is 0.483 e. The first-order valence-electron chi connectivity index (χ1n) is 15.0. The topological polar surface area (TPSA) is 164 Å². The number of carbonyl (C=O) groups is 4. The van der Waals surface area contributed by atoms with Crippen LogP contribution in [-0.2, 0) is 33.9 Å². The molecule has 1 aliphatic heterocycles. The Morgan fingerprint density at radius 3 is 2.36 bits per heavy atom. The van der Waals surface area contributed by atoms with Gasteiger partial charge >= 0.3 is 0 Å². The number of hydrogen-bond acceptors (Lipinski definition) is 7. The van der Waals surface area contributed by atoms with Crippen LogP contribution in [0.15, 0.2) is 30.3 Å². The second-order valence-electron chi connectivity index (χ2n) is 11.1. The Kier molecular flexibility index (Phi) is 12.2. The Morgan fingerprint density at radius 1 is 1.07 bits per heavy atom. The highest BCUT2D eigenvalue weighted by molar-refractivity contribution is 5.96. The maximum Gasteiger partial charge on any atom is 0.290 e. The van der Waals surface area contributed by atoms with Crippen molar-refractivity contribution in [2.45, 2.75) is 86.0 Å². The summed E-state index contributed by atoms with van der Waals surface area (Å²) in [6.07, 6.45) is 1.00. The van der Waals surface area contributed by atoms with Crippen LogP contribution in [0.25, 0.3) is 0 Å². The van der Waals surface area contributed by atoms with Crippen LogP contribution >= 0.6 is 0 Å². The van der Waals surface area contributed by atoms with E-state index in [4.69, 9.17) is 9.90 Å². The molecule has 3 aromatic rings. The first-order chi connectivity index (χ1) is 21.0. The van der Waals surface area contributed by atoms with Gasteiger partial charge in [-0.05, 0) is 45.6 Å². The SMILES string of the molecule is CCn1nc(C)c(C(=O)N2CCCC(=O)N[C@@H](Cc3ccccc3)C(=O)N[C@H](C(C)C)c3nc(C)nn3CC2)c1C.O=CO. The van der Waals surface area contributed by atoms with E-state index in [1.165, 1.54) is 0 Å². The normalized spacial score (nSPS) is 17.9. The van der Waals surface area contributed by atoms with Crippen LogP contribution in [0.1, 0.15) is 78.6 Å². The van der Waals surface area contributed by atoms with E-state index in [-0.39, 0.29) is 36.5 Å². The number of benzene rings is 1. The van der Waals surface area contributed by atoms with Crippen molar-refractivity contribution in [1.82, 2.24) is 40.1 Å². The predicted octanol–water partition coefficient (Wildman–Crippen LogP) is 2.60. The molecule has 13 nitrogen and oxygen atoms in total. The third kappa shape index (κ3) is 8.51. The first kappa shape index (κ1) is 33.9. The minimum Gasteiger partial charge on any atom is -0.483 e. The first-order valence-corrected chi connectivity index (χ1v) is 15.0. The van der Waals surface area contributed by atoms with E-state index in [1.54, 1.807) is 9.58 Å². The molecule has 0 saturated carbocycles. The summed E-state index contributed by atoms with van der Waals surface area (Å²) in [5.74, 6) is 0.627. The number of aromatic nitrogens is 5. The molecule has 3 amide bonds. The minimum atomic E-state index is -0.755. The lowest BCUT2D eigenvalue weighted by Gasteiger charge is -2.28. The van der Waals surface area contributed by atoms with Crippen LogP contribution in [0.5, 0.6) is 0 Å². The van der Waals surface area contributed by atoms with Gasteiger partial charge in [0.2, 0.25) is 11.8 Å². The zero-order valence-corrected chi connectivity index (χ0v) is 26.4. The Bertz CT molecular complexity index is 1430. The molecule has 0 fully saturated rings. The van der Waals surface area contributed by atoms with Crippen molar-refractivity contribution in [2.75, 3.05) is 13.1 Å². The van der Waals surface area contributed by atoms with Gasteiger partial charge in [0.25, 0.3) is 12.4 Å². The van der Waals surface area contributed by atoms with Crippen molar-refractivity contribution < 1.29 is 24.3 Å². The third-order valence-electron chi connectivity index (χ3n) is 7.58. The van der Waals surface area contributed by atoms with Crippen LogP contribution in [-0.4, -0.2) is 77.9 Å². The summed E-state index contributed by atoms with van der Waals surface area (Å²) in [4.78, 5) is 55.4. The van der Waals surface area contributed by atoms with Crippen LogP contribution in [0, 0.1) is 26.7 Å². The fourth-order valence-electron chi connectivity index (χ4n) is 5.41. The molecule has 0 spiro atoms. The molecule has 1 aromatic carbocycles. The number of hydrogen-bond donors (Lipinski definition) is 3. The molecule has 0 unspecified atom stereocenters. The lowest BCUT2D eigenvalue weighted by Crippen LogP contribution is -2.50. The molecule has 0 radical (unpaired) electrons. The monoisotopic (exact) mass is 608 g/mol. The van der Waals surface area contributed by atoms with Crippen molar-refractivity contribution in [1.29, 1.82) is 0 Å². The van der Waals surface area contributed by atoms with Gasteiger partial charge in [-0.3, -0.25) is 23.9 Å². The van der Waals surface area contributed by atoms with Crippen LogP contribution in [0.3, 0.4) is 0 Å². The Balaban J connectivity index is 0.00000169. The van der Waals surface area contributed by atoms with E-state index in [1.807, 2.05) is 76.6 Å². The fourth-order valence-corrected chi connectivity index (χ4v) is 5.41. The van der Waals surface area contributed by atoms with E-state index in [9.17, 15) is 14.4 Å². The summed E-state index contributed by atoms with van der Waals surface area (Å²) in [6.45, 7) is 13.2. The van der Waals surface area contributed by atoms with E-state index in [0.29, 0.717) is 61.9 Å². The molecule has 1 aliphatic rings. The molecule has 13 heteroatoms. The Labute approximate surface area is 258 Å². The molecule has 3 N–H and O–H groups in total. The summed E-state index contributed by atoms with van der Waals surface area (Å²) in [5, 5.41) is 22.2. The highest BCUT2D eigenvalue weighted by Gasteiger charge is 2.30. The molecular weight excluding hydrogens is 564 g/mol. The summed E-state index contributed by atoms with van der Waals surface area (Å²) in [5.41, 5.74) is 3.07. The molecule has 238 valence electrons. The Morgan fingerprint density at radius 2 is 1.75 bits per heavy atom. The summed E-state index contributed by atoms with van der Waals surface area (Å²) >= 11 is 0. The standard InChI is InChI=1S/C30H42N8O3.CH2O2/c1-7-37-21(5)26(20(4)34-37)30(41)36-15-11-14-25(39)32-24(18-23-12-9-8-10-13-23)29(40)33-27(19(2)3)28-31-22(6)35-38(28)17-16-36;2-1-3/h8-10,12-13,19,24,27H,7,11,14-18H2,1-6H3,(H,32,39)(H,33,40);1H,(H,2,3)/t24-,27+;/m0./s1. The van der Waals surface area contributed by atoms with Gasteiger partial charge in [0.1, 0.15) is 17.7 Å². The van der Waals surface area contributed by atoms with Crippen molar-refractivity contribution in [2.24, 2.45) is 5.92 Å². The Hall–Kier alpha value is -4.55. The number of nitrogens with one attached hydrogen (secondary N) is 2. The van der Waals surface area contributed by atoms with Crippen LogP contribution in [0.2, 0.25) is 0 Å². The highest BCUT2D eigenvalue weighted by atomic mass is 16.3. The van der Waals surface area contributed by atoms with Gasteiger partial charge in [-0.25, -0.2) is 9.67 Å². The van der Waals surface area contributed by atoms with E-state index in [0.717, 1.165) is 11.3 Å². The fraction of sp³-hybridized carbons (Fsp3) is 0.516. The van der Waals surface area contributed by atoms with Crippen molar-refractivity contribution in [3.05, 3.63) is 64.5 Å². The molecule has 44 heavy (non-hydrogen) atoms. The van der Waals surface area contributed by atoms with Gasteiger partial charge in [-0.15, -0.1) is 0 Å². The second-order valence-corrected chi connectivity index (χ2v) is 11.1. The average Bonchev–Trinajstić information content (AvgIpc) is 3.49. The molecule has 2 atom stereocenters. The number of rotatable bonds is 5. The number of aryl methyl sites for hydroxylation is 3. The number of carboxylic acid groups (broad SMARTS) is 1. The third-order valence-corrected chi connectivity index (χ3v) is 7.58. The van der Waals surface area contributed by atoms with Crippen molar-refractivity contribution >= 4 is 24.2 Å². The molecule has 3 heterocycles. The molecule has 0 aliphatic carbocycles. The van der Waals surface area contributed by atoms with E-state index >= 15 is 0 Å². The predicted molar refractivity (Wildman–Crippen MR) is 164 cm³/mol. The summed E-state index contributed by atoms with van der Waals surface area (Å²) in [6, 6.07) is 8.45. The summed E-state index contributed by atoms with van der Waals surface area (Å²) in [7, 11) is 0. The van der Waals surface area contributed by atoms with Crippen LogP contribution < -0.4 is 10.6 Å². The van der Waals surface area contributed by atoms with Gasteiger partial charge in [-0.2, -0.15) is 10.2 Å². The van der Waals surface area contributed by atoms with Gasteiger partial charge in [0, 0.05) is 38.2 Å². The van der Waals surface area contributed by atoms with Gasteiger partial charge in [-0.1, -0.05) is 44.2 Å². The summed E-state index contributed by atoms with van der Waals surface area (Å²) < 4.78 is 3.63. The van der Waals surface area contributed by atoms with Crippen LogP contribution in [0.4, 0.5) is 0 Å². The van der Waals surface area contributed by atoms with E-state index < -0.39 is 12.1 Å². The maximum atomic E-state index is 13.8. The lowest BCUT2D eigenvalue weighted by molar-refractivity contribution is -0.129. The molecule has 2 aromatic heterocycles. The van der Waals surface area contributed by atoms with Crippen molar-refractivity contribution in [3.63, 3.8) is 0 Å².